The molecule has 0 radical (unpaired) electrons. The Labute approximate surface area is 112 Å². The zero-order chi connectivity index (χ0) is 13.2. The number of benzene rings is 1. The number of fused-ring (bicyclic) bond motifs is 1. The number of rotatable bonds is 2. The minimum absolute atomic E-state index is 0.825. The van der Waals surface area contributed by atoms with E-state index in [-0.39, 0.29) is 0 Å². The molecule has 0 N–H and O–H groups in total. The Kier molecular flexibility index (Phi) is 2.95. The fourth-order valence-corrected chi connectivity index (χ4v) is 2.33. The number of aromatic nitrogens is 1. The predicted octanol–water partition coefficient (Wildman–Crippen LogP) is 3.36. The summed E-state index contributed by atoms with van der Waals surface area (Å²) in [6, 6.07) is 12.2. The maximum atomic E-state index is 5.16. The summed E-state index contributed by atoms with van der Waals surface area (Å²) in [4.78, 5) is 4.66. The van der Waals surface area contributed by atoms with Gasteiger partial charge in [-0.3, -0.25) is 4.99 Å². The molecule has 2 heterocycles. The van der Waals surface area contributed by atoms with Gasteiger partial charge in [0.15, 0.2) is 0 Å². The van der Waals surface area contributed by atoms with E-state index in [1.165, 1.54) is 5.69 Å². The quantitative estimate of drug-likeness (QED) is 0.805. The molecule has 0 amide bonds. The van der Waals surface area contributed by atoms with Crippen LogP contribution in [0.5, 0.6) is 5.75 Å². The fraction of sp³-hybridized carbons (Fsp3) is 0.188. The van der Waals surface area contributed by atoms with E-state index in [9.17, 15) is 0 Å². The van der Waals surface area contributed by atoms with Crippen molar-refractivity contribution in [3.05, 3.63) is 59.5 Å². The Morgan fingerprint density at radius 2 is 2.00 bits per heavy atom. The monoisotopic (exact) mass is 252 g/mol. The molecule has 0 atom stereocenters. The van der Waals surface area contributed by atoms with Crippen LogP contribution >= 0.6 is 0 Å². The summed E-state index contributed by atoms with van der Waals surface area (Å²) < 4.78 is 7.38. The van der Waals surface area contributed by atoms with E-state index in [1.807, 2.05) is 31.2 Å². The van der Waals surface area contributed by atoms with Crippen molar-refractivity contribution in [3.63, 3.8) is 0 Å². The summed E-state index contributed by atoms with van der Waals surface area (Å²) >= 11 is 0. The van der Waals surface area contributed by atoms with Crippen LogP contribution in [0, 0.1) is 0 Å². The number of ether oxygens (including phenoxy) is 1. The maximum Gasteiger partial charge on any atom is 0.118 e. The van der Waals surface area contributed by atoms with Gasteiger partial charge in [0, 0.05) is 6.20 Å². The van der Waals surface area contributed by atoms with Crippen molar-refractivity contribution in [2.45, 2.75) is 13.5 Å². The second-order valence-electron chi connectivity index (χ2n) is 4.63. The highest BCUT2D eigenvalue weighted by Gasteiger charge is 2.12. The highest BCUT2D eigenvalue weighted by atomic mass is 16.5. The first-order valence-corrected chi connectivity index (χ1v) is 6.32. The summed E-state index contributed by atoms with van der Waals surface area (Å²) in [6.07, 6.45) is 4.21. The highest BCUT2D eigenvalue weighted by Crippen LogP contribution is 2.20. The van der Waals surface area contributed by atoms with Crippen LogP contribution in [-0.2, 0) is 6.54 Å². The largest absolute Gasteiger partial charge is 0.497 e. The molecular formula is C16H16N2O. The number of aliphatic imine (C=N–C) groups is 1. The van der Waals surface area contributed by atoms with Crippen molar-refractivity contribution >= 4 is 11.8 Å². The lowest BCUT2D eigenvalue weighted by atomic mass is 10.1. The van der Waals surface area contributed by atoms with Gasteiger partial charge in [0.25, 0.3) is 0 Å². The summed E-state index contributed by atoms with van der Waals surface area (Å²) in [5.74, 6) is 0.873. The number of hydrogen-bond donors (Lipinski definition) is 0. The molecular weight excluding hydrogens is 236 g/mol. The van der Waals surface area contributed by atoms with Gasteiger partial charge >= 0.3 is 0 Å². The SMILES string of the molecule is COc1ccc(/C=C2/Cn3cccc3C(C)=N2)cc1. The minimum Gasteiger partial charge on any atom is -0.497 e. The Morgan fingerprint density at radius 3 is 2.74 bits per heavy atom. The first kappa shape index (κ1) is 11.8. The molecule has 3 heteroatoms. The molecule has 2 aromatic rings. The Hall–Kier alpha value is -2.29. The smallest absolute Gasteiger partial charge is 0.118 e. The van der Waals surface area contributed by atoms with E-state index in [4.69, 9.17) is 4.74 Å². The van der Waals surface area contributed by atoms with Gasteiger partial charge in [0.1, 0.15) is 5.75 Å². The van der Waals surface area contributed by atoms with Crippen LogP contribution in [0.1, 0.15) is 18.2 Å². The average molecular weight is 252 g/mol. The minimum atomic E-state index is 0.825. The molecule has 0 spiro atoms. The third kappa shape index (κ3) is 2.32. The zero-order valence-electron chi connectivity index (χ0n) is 11.1. The van der Waals surface area contributed by atoms with Gasteiger partial charge < -0.3 is 9.30 Å². The van der Waals surface area contributed by atoms with E-state index in [1.54, 1.807) is 7.11 Å². The van der Waals surface area contributed by atoms with Crippen LogP contribution in [0.3, 0.4) is 0 Å². The van der Waals surface area contributed by atoms with Crippen molar-refractivity contribution in [1.82, 2.24) is 4.57 Å². The van der Waals surface area contributed by atoms with Crippen LogP contribution in [0.15, 0.2) is 53.3 Å². The molecule has 19 heavy (non-hydrogen) atoms. The van der Waals surface area contributed by atoms with E-state index in [0.29, 0.717) is 0 Å². The first-order valence-electron chi connectivity index (χ1n) is 6.32. The third-order valence-corrected chi connectivity index (χ3v) is 3.29. The van der Waals surface area contributed by atoms with Crippen LogP contribution in [-0.4, -0.2) is 17.4 Å². The molecule has 0 unspecified atom stereocenters. The zero-order valence-corrected chi connectivity index (χ0v) is 11.1. The molecule has 1 aromatic carbocycles. The molecule has 0 aliphatic carbocycles. The van der Waals surface area contributed by atoms with Gasteiger partial charge in [-0.2, -0.15) is 0 Å². The molecule has 1 aromatic heterocycles. The lowest BCUT2D eigenvalue weighted by molar-refractivity contribution is 0.415. The molecule has 3 rings (SSSR count). The second kappa shape index (κ2) is 4.76. The van der Waals surface area contributed by atoms with E-state index < -0.39 is 0 Å². The number of methoxy groups -OCH3 is 1. The normalized spacial score (nSPS) is 16.1. The first-order chi connectivity index (χ1) is 9.26. The maximum absolute atomic E-state index is 5.16. The molecule has 1 aliphatic rings. The standard InChI is InChI=1S/C16H16N2O/c1-12-16-4-3-9-18(16)11-14(17-12)10-13-5-7-15(19-2)8-6-13/h3-10H,11H2,1-2H3/b14-10-. The van der Waals surface area contributed by atoms with Gasteiger partial charge in [0.05, 0.1) is 30.8 Å². The van der Waals surface area contributed by atoms with Crippen LogP contribution < -0.4 is 4.74 Å². The third-order valence-electron chi connectivity index (χ3n) is 3.29. The van der Waals surface area contributed by atoms with Crippen molar-refractivity contribution < 1.29 is 4.74 Å². The van der Waals surface area contributed by atoms with Crippen molar-refractivity contribution in [3.8, 4) is 5.75 Å². The van der Waals surface area contributed by atoms with Crippen LogP contribution in [0.2, 0.25) is 0 Å². The van der Waals surface area contributed by atoms with Crippen LogP contribution in [0.4, 0.5) is 0 Å². The van der Waals surface area contributed by atoms with E-state index >= 15 is 0 Å². The lowest BCUT2D eigenvalue weighted by Crippen LogP contribution is -2.13. The van der Waals surface area contributed by atoms with E-state index in [0.717, 1.165) is 29.3 Å². The summed E-state index contributed by atoms with van der Waals surface area (Å²) in [6.45, 7) is 2.87. The topological polar surface area (TPSA) is 26.5 Å². The highest BCUT2D eigenvalue weighted by molar-refractivity contribution is 5.99. The molecule has 3 nitrogen and oxygen atoms in total. The van der Waals surface area contributed by atoms with Gasteiger partial charge in [-0.05, 0) is 42.8 Å². The fourth-order valence-electron chi connectivity index (χ4n) is 2.33. The summed E-state index contributed by atoms with van der Waals surface area (Å²) in [5, 5.41) is 0. The number of allylic oxidation sites excluding steroid dienone is 1. The van der Waals surface area contributed by atoms with Gasteiger partial charge in [-0.25, -0.2) is 0 Å². The van der Waals surface area contributed by atoms with Crippen molar-refractivity contribution in [2.24, 2.45) is 4.99 Å². The molecule has 0 bridgehead atoms. The summed E-state index contributed by atoms with van der Waals surface area (Å²) in [5.41, 5.74) is 4.48. The number of nitrogens with zero attached hydrogens (tertiary/aromatic N) is 2. The molecule has 0 saturated heterocycles. The Bertz CT molecular complexity index is 648. The van der Waals surface area contributed by atoms with Gasteiger partial charge in [-0.1, -0.05) is 12.1 Å². The molecule has 0 fully saturated rings. The average Bonchev–Trinajstić information content (AvgIpc) is 2.88. The molecule has 0 saturated carbocycles. The van der Waals surface area contributed by atoms with Crippen LogP contribution in [0.25, 0.3) is 6.08 Å². The van der Waals surface area contributed by atoms with Gasteiger partial charge in [-0.15, -0.1) is 0 Å². The Morgan fingerprint density at radius 1 is 1.21 bits per heavy atom. The Balaban J connectivity index is 1.90. The number of hydrogen-bond acceptors (Lipinski definition) is 2. The lowest BCUT2D eigenvalue weighted by Gasteiger charge is -2.16. The second-order valence-corrected chi connectivity index (χ2v) is 4.63. The van der Waals surface area contributed by atoms with Crippen molar-refractivity contribution in [1.29, 1.82) is 0 Å². The molecule has 1 aliphatic heterocycles. The molecule has 96 valence electrons. The predicted molar refractivity (Wildman–Crippen MR) is 77.6 cm³/mol. The summed E-state index contributed by atoms with van der Waals surface area (Å²) in [7, 11) is 1.68. The van der Waals surface area contributed by atoms with Crippen molar-refractivity contribution in [2.75, 3.05) is 7.11 Å². The van der Waals surface area contributed by atoms with E-state index in [2.05, 4.69) is 34.0 Å². The van der Waals surface area contributed by atoms with Gasteiger partial charge in [0.2, 0.25) is 0 Å².